The summed E-state index contributed by atoms with van der Waals surface area (Å²) in [6.45, 7) is 3.62. The third-order valence-corrected chi connectivity index (χ3v) is 7.18. The first-order chi connectivity index (χ1) is 17.0. The number of hydrogen-bond donors (Lipinski definition) is 1. The molecule has 1 saturated heterocycles. The number of nitrogens with zero attached hydrogens (tertiary/aromatic N) is 5. The summed E-state index contributed by atoms with van der Waals surface area (Å²) >= 11 is 1.70. The number of rotatable bonds is 6. The van der Waals surface area contributed by atoms with Crippen LogP contribution in [0.25, 0.3) is 16.7 Å². The molecule has 3 heterocycles. The first-order valence-corrected chi connectivity index (χ1v) is 12.9. The summed E-state index contributed by atoms with van der Waals surface area (Å²) in [7, 11) is 0. The highest BCUT2D eigenvalue weighted by Gasteiger charge is 2.28. The van der Waals surface area contributed by atoms with Crippen molar-refractivity contribution in [2.45, 2.75) is 31.2 Å². The van der Waals surface area contributed by atoms with Gasteiger partial charge in [0.1, 0.15) is 18.0 Å². The first kappa shape index (κ1) is 23.3. The van der Waals surface area contributed by atoms with Gasteiger partial charge in [0.15, 0.2) is 5.65 Å². The van der Waals surface area contributed by atoms with Crippen LogP contribution in [-0.4, -0.2) is 45.0 Å². The molecule has 1 N–H and O–H groups in total. The average Bonchev–Trinajstić information content (AvgIpc) is 3.34. The predicted molar refractivity (Wildman–Crippen MR) is 136 cm³/mol. The molecule has 0 saturated carbocycles. The molecule has 1 fully saturated rings. The van der Waals surface area contributed by atoms with Gasteiger partial charge in [-0.15, -0.1) is 16.9 Å². The fraction of sp³-hybridized carbons (Fsp3) is 0.308. The maximum absolute atomic E-state index is 14.1. The number of hydrogen-bond acceptors (Lipinski definition) is 6. The molecule has 5 rings (SSSR count). The number of piperidine rings is 1. The molecule has 1 aliphatic heterocycles. The Bertz CT molecular complexity index is 1360. The second-order valence-corrected chi connectivity index (χ2v) is 9.67. The molecule has 180 valence electrons. The van der Waals surface area contributed by atoms with E-state index in [1.807, 2.05) is 18.5 Å². The van der Waals surface area contributed by atoms with E-state index in [0.29, 0.717) is 30.0 Å². The zero-order chi connectivity index (χ0) is 24.4. The number of aryl methyl sites for hydroxylation is 1. The van der Waals surface area contributed by atoms with Crippen LogP contribution < -0.4 is 10.2 Å². The van der Waals surface area contributed by atoms with Crippen molar-refractivity contribution in [2.24, 2.45) is 5.92 Å². The number of amides is 1. The van der Waals surface area contributed by atoms with Gasteiger partial charge in [0, 0.05) is 30.7 Å². The standard InChI is InChI=1S/C26H27FN6OS/c1-17-5-8-20(12-23(17)27)33-15-22-24(31-33)29-16-30-25(22)32-11-3-4-19(14-32)26(34)28-13-18-6-9-21(35-2)10-7-18/h5-10,12,15-16,19H,3-4,11,13-14H2,1-2H3,(H,28,34). The topological polar surface area (TPSA) is 75.9 Å². The minimum atomic E-state index is -0.279. The smallest absolute Gasteiger partial charge is 0.225 e. The molecule has 2 aromatic heterocycles. The van der Waals surface area contributed by atoms with E-state index in [9.17, 15) is 9.18 Å². The Hall–Kier alpha value is -3.46. The van der Waals surface area contributed by atoms with Gasteiger partial charge in [0.05, 0.1) is 17.0 Å². The van der Waals surface area contributed by atoms with Gasteiger partial charge >= 0.3 is 0 Å². The molecule has 7 nitrogen and oxygen atoms in total. The number of benzene rings is 2. The Labute approximate surface area is 207 Å². The Balaban J connectivity index is 1.31. The highest BCUT2D eigenvalue weighted by atomic mass is 32.2. The van der Waals surface area contributed by atoms with Gasteiger partial charge < -0.3 is 10.2 Å². The third-order valence-electron chi connectivity index (χ3n) is 6.43. The number of anilines is 1. The SMILES string of the molecule is CSc1ccc(CNC(=O)C2CCCN(c3ncnc4nn(-c5ccc(C)c(F)c5)cc34)C2)cc1. The van der Waals surface area contributed by atoms with Crippen molar-refractivity contribution in [3.05, 3.63) is 71.9 Å². The molecule has 9 heteroatoms. The van der Waals surface area contributed by atoms with Crippen molar-refractivity contribution in [3.8, 4) is 5.69 Å². The lowest BCUT2D eigenvalue weighted by Gasteiger charge is -2.33. The van der Waals surface area contributed by atoms with E-state index in [1.54, 1.807) is 29.4 Å². The van der Waals surface area contributed by atoms with E-state index in [0.717, 1.165) is 36.2 Å². The van der Waals surface area contributed by atoms with Gasteiger partial charge in [-0.05, 0) is 61.4 Å². The molecule has 1 aliphatic rings. The number of aromatic nitrogens is 4. The molecular formula is C26H27FN6OS. The fourth-order valence-electron chi connectivity index (χ4n) is 4.39. The molecule has 0 spiro atoms. The molecule has 0 radical (unpaired) electrons. The number of nitrogens with one attached hydrogen (secondary N) is 1. The van der Waals surface area contributed by atoms with Crippen molar-refractivity contribution in [1.82, 2.24) is 25.1 Å². The summed E-state index contributed by atoms with van der Waals surface area (Å²) in [6, 6.07) is 13.3. The molecule has 1 amide bonds. The minimum Gasteiger partial charge on any atom is -0.355 e. The lowest BCUT2D eigenvalue weighted by molar-refractivity contribution is -0.125. The number of carbonyl (C=O) groups excluding carboxylic acids is 1. The van der Waals surface area contributed by atoms with E-state index in [2.05, 4.69) is 49.5 Å². The van der Waals surface area contributed by atoms with Crippen molar-refractivity contribution in [1.29, 1.82) is 0 Å². The zero-order valence-electron chi connectivity index (χ0n) is 19.7. The summed E-state index contributed by atoms with van der Waals surface area (Å²) in [4.78, 5) is 25.1. The zero-order valence-corrected chi connectivity index (χ0v) is 20.6. The summed E-state index contributed by atoms with van der Waals surface area (Å²) < 4.78 is 15.7. The van der Waals surface area contributed by atoms with Gasteiger partial charge in [-0.25, -0.2) is 19.0 Å². The van der Waals surface area contributed by atoms with Crippen LogP contribution in [0.15, 0.2) is 59.9 Å². The lowest BCUT2D eigenvalue weighted by Crippen LogP contribution is -2.43. The van der Waals surface area contributed by atoms with E-state index in [-0.39, 0.29) is 17.6 Å². The molecule has 4 aromatic rings. The Morgan fingerprint density at radius 2 is 2.03 bits per heavy atom. The third kappa shape index (κ3) is 5.00. The van der Waals surface area contributed by atoms with Crippen molar-refractivity contribution < 1.29 is 9.18 Å². The van der Waals surface area contributed by atoms with Gasteiger partial charge in [0.2, 0.25) is 5.91 Å². The second-order valence-electron chi connectivity index (χ2n) is 8.79. The highest BCUT2D eigenvalue weighted by Crippen LogP contribution is 2.28. The Morgan fingerprint density at radius 1 is 1.20 bits per heavy atom. The maximum Gasteiger partial charge on any atom is 0.225 e. The normalized spacial score (nSPS) is 16.0. The lowest BCUT2D eigenvalue weighted by atomic mass is 9.97. The van der Waals surface area contributed by atoms with Gasteiger partial charge in [-0.3, -0.25) is 4.79 Å². The fourth-order valence-corrected chi connectivity index (χ4v) is 4.80. The first-order valence-electron chi connectivity index (χ1n) is 11.6. The van der Waals surface area contributed by atoms with Gasteiger partial charge in [-0.1, -0.05) is 18.2 Å². The van der Waals surface area contributed by atoms with Crippen LogP contribution in [-0.2, 0) is 11.3 Å². The number of halogens is 1. The molecule has 0 aliphatic carbocycles. The van der Waals surface area contributed by atoms with Gasteiger partial charge in [0.25, 0.3) is 0 Å². The van der Waals surface area contributed by atoms with Crippen LogP contribution >= 0.6 is 11.8 Å². The van der Waals surface area contributed by atoms with E-state index in [1.165, 1.54) is 17.3 Å². The van der Waals surface area contributed by atoms with Crippen molar-refractivity contribution in [2.75, 3.05) is 24.2 Å². The summed E-state index contributed by atoms with van der Waals surface area (Å²) in [5.74, 6) is 0.401. The molecular weight excluding hydrogens is 463 g/mol. The second kappa shape index (κ2) is 10.0. The van der Waals surface area contributed by atoms with E-state index < -0.39 is 0 Å². The van der Waals surface area contributed by atoms with Crippen LogP contribution in [0.1, 0.15) is 24.0 Å². The van der Waals surface area contributed by atoms with Crippen LogP contribution in [0.3, 0.4) is 0 Å². The highest BCUT2D eigenvalue weighted by molar-refractivity contribution is 7.98. The molecule has 0 bridgehead atoms. The minimum absolute atomic E-state index is 0.0553. The van der Waals surface area contributed by atoms with E-state index >= 15 is 0 Å². The Kier molecular flexibility index (Phi) is 6.68. The van der Waals surface area contributed by atoms with Crippen molar-refractivity contribution >= 4 is 34.5 Å². The van der Waals surface area contributed by atoms with Crippen LogP contribution in [0.5, 0.6) is 0 Å². The largest absolute Gasteiger partial charge is 0.355 e. The monoisotopic (exact) mass is 490 g/mol. The van der Waals surface area contributed by atoms with Crippen LogP contribution in [0.4, 0.5) is 10.2 Å². The molecule has 1 unspecified atom stereocenters. The number of thioether (sulfide) groups is 1. The summed E-state index contributed by atoms with van der Waals surface area (Å²) in [5.41, 5.74) is 2.83. The molecule has 1 atom stereocenters. The van der Waals surface area contributed by atoms with E-state index in [4.69, 9.17) is 0 Å². The molecule has 35 heavy (non-hydrogen) atoms. The Morgan fingerprint density at radius 3 is 2.80 bits per heavy atom. The number of carbonyl (C=O) groups is 1. The summed E-state index contributed by atoms with van der Waals surface area (Å²) in [6.07, 6.45) is 7.10. The van der Waals surface area contributed by atoms with Gasteiger partial charge in [-0.2, -0.15) is 0 Å². The molecule has 2 aromatic carbocycles. The maximum atomic E-state index is 14.1. The quantitative estimate of drug-likeness (QED) is 0.401. The van der Waals surface area contributed by atoms with Crippen LogP contribution in [0.2, 0.25) is 0 Å². The summed E-state index contributed by atoms with van der Waals surface area (Å²) in [5, 5.41) is 8.40. The predicted octanol–water partition coefficient (Wildman–Crippen LogP) is 4.52. The van der Waals surface area contributed by atoms with Crippen LogP contribution in [0, 0.1) is 18.7 Å². The van der Waals surface area contributed by atoms with Crippen molar-refractivity contribution in [3.63, 3.8) is 0 Å². The average molecular weight is 491 g/mol. The number of fused-ring (bicyclic) bond motifs is 1.